The second-order valence-corrected chi connectivity index (χ2v) is 5.09. The number of carbonyl (C=O) groups is 1. The lowest BCUT2D eigenvalue weighted by molar-refractivity contribution is -0.134. The normalized spacial score (nSPS) is 15.1. The number of hydrogen-bond donors (Lipinski definition) is 1. The number of hydrogen-bond acceptors (Lipinski definition) is 6. The maximum atomic E-state index is 11.9. The fourth-order valence-electron chi connectivity index (χ4n) is 1.74. The first kappa shape index (κ1) is 14.1. The van der Waals surface area contributed by atoms with E-state index in [9.17, 15) is 4.79 Å². The summed E-state index contributed by atoms with van der Waals surface area (Å²) < 4.78 is 9.08. The van der Waals surface area contributed by atoms with E-state index in [0.717, 1.165) is 11.5 Å². The summed E-state index contributed by atoms with van der Waals surface area (Å²) in [5.41, 5.74) is 0.338. The number of rotatable bonds is 4. The van der Waals surface area contributed by atoms with Crippen LogP contribution in [0.3, 0.4) is 0 Å². The van der Waals surface area contributed by atoms with Crippen molar-refractivity contribution in [2.24, 2.45) is 0 Å². The molecule has 1 aliphatic rings. The molecular weight excluding hydrogens is 288 g/mol. The predicted molar refractivity (Wildman–Crippen MR) is 72.3 cm³/mol. The number of anilines is 1. The number of halogens is 1. The van der Waals surface area contributed by atoms with E-state index >= 15 is 0 Å². The highest BCUT2D eigenvalue weighted by Crippen LogP contribution is 2.27. The fraction of sp³-hybridized carbons (Fsp3) is 0.545. The van der Waals surface area contributed by atoms with Gasteiger partial charge in [0.2, 0.25) is 5.91 Å². The molecule has 1 fully saturated rings. The second kappa shape index (κ2) is 6.70. The number of carbonyl (C=O) groups excluding carboxylic acids is 1. The standard InChI is InChI=1S/C11H13ClN4O2S/c12-10-8(7-13)11(19-15-10)14-2-1-9(17)16-3-5-18-6-4-16/h14H,1-6H2. The molecule has 1 aliphatic heterocycles. The largest absolute Gasteiger partial charge is 0.378 e. The smallest absolute Gasteiger partial charge is 0.224 e. The Balaban J connectivity index is 1.80. The zero-order valence-electron chi connectivity index (χ0n) is 10.2. The molecular formula is C11H13ClN4O2S. The van der Waals surface area contributed by atoms with Crippen LogP contribution in [0, 0.1) is 11.3 Å². The van der Waals surface area contributed by atoms with Gasteiger partial charge in [0, 0.05) is 26.1 Å². The third-order valence-corrected chi connectivity index (χ3v) is 3.93. The van der Waals surface area contributed by atoms with E-state index in [-0.39, 0.29) is 11.1 Å². The summed E-state index contributed by atoms with van der Waals surface area (Å²) in [7, 11) is 0. The Morgan fingerprint density at radius 2 is 2.32 bits per heavy atom. The number of nitriles is 1. The molecule has 0 radical (unpaired) electrons. The number of amides is 1. The summed E-state index contributed by atoms with van der Waals surface area (Å²) in [4.78, 5) is 13.7. The Bertz CT molecular complexity index is 493. The zero-order valence-corrected chi connectivity index (χ0v) is 11.8. The van der Waals surface area contributed by atoms with Crippen LogP contribution in [-0.4, -0.2) is 48.0 Å². The van der Waals surface area contributed by atoms with Gasteiger partial charge in [0.25, 0.3) is 0 Å². The van der Waals surface area contributed by atoms with E-state index in [1.165, 1.54) is 0 Å². The minimum Gasteiger partial charge on any atom is -0.378 e. The lowest BCUT2D eigenvalue weighted by Gasteiger charge is -2.26. The average Bonchev–Trinajstić information content (AvgIpc) is 2.80. The first-order valence-electron chi connectivity index (χ1n) is 5.87. The number of ether oxygens (including phenoxy) is 1. The molecule has 2 heterocycles. The number of morpholine rings is 1. The van der Waals surface area contributed by atoms with E-state index < -0.39 is 0 Å². The van der Waals surface area contributed by atoms with Crippen molar-refractivity contribution in [3.63, 3.8) is 0 Å². The van der Waals surface area contributed by atoms with Crippen LogP contribution >= 0.6 is 23.1 Å². The molecule has 1 aromatic heterocycles. The molecule has 19 heavy (non-hydrogen) atoms. The van der Waals surface area contributed by atoms with Gasteiger partial charge < -0.3 is 15.0 Å². The maximum absolute atomic E-state index is 11.9. The fourth-order valence-corrected chi connectivity index (χ4v) is 2.70. The molecule has 102 valence electrons. The molecule has 0 aliphatic carbocycles. The van der Waals surface area contributed by atoms with Crippen LogP contribution in [0.4, 0.5) is 5.00 Å². The van der Waals surface area contributed by atoms with Gasteiger partial charge in [-0.15, -0.1) is 0 Å². The van der Waals surface area contributed by atoms with Gasteiger partial charge in [0.1, 0.15) is 16.6 Å². The van der Waals surface area contributed by atoms with E-state index in [4.69, 9.17) is 21.6 Å². The summed E-state index contributed by atoms with van der Waals surface area (Å²) >= 11 is 6.88. The number of nitrogens with one attached hydrogen (secondary N) is 1. The van der Waals surface area contributed by atoms with Crippen molar-refractivity contribution >= 4 is 34.0 Å². The highest BCUT2D eigenvalue weighted by atomic mass is 35.5. The van der Waals surface area contributed by atoms with E-state index in [1.54, 1.807) is 4.90 Å². The monoisotopic (exact) mass is 300 g/mol. The molecule has 6 nitrogen and oxygen atoms in total. The molecule has 0 unspecified atom stereocenters. The second-order valence-electron chi connectivity index (χ2n) is 3.96. The summed E-state index contributed by atoms with van der Waals surface area (Å²) in [6, 6.07) is 1.99. The lowest BCUT2D eigenvalue weighted by atomic mass is 10.3. The van der Waals surface area contributed by atoms with Crippen LogP contribution in [0.15, 0.2) is 0 Å². The molecule has 1 N–H and O–H groups in total. The molecule has 0 spiro atoms. The third-order valence-electron chi connectivity index (χ3n) is 2.75. The number of nitrogens with zero attached hydrogens (tertiary/aromatic N) is 3. The molecule has 0 saturated carbocycles. The van der Waals surface area contributed by atoms with Crippen molar-refractivity contribution < 1.29 is 9.53 Å². The van der Waals surface area contributed by atoms with Crippen molar-refractivity contribution in [2.45, 2.75) is 6.42 Å². The summed E-state index contributed by atoms with van der Waals surface area (Å²) in [5.74, 6) is 0.0879. The van der Waals surface area contributed by atoms with Crippen LogP contribution < -0.4 is 5.32 Å². The molecule has 1 aromatic rings. The minimum absolute atomic E-state index is 0.0879. The Morgan fingerprint density at radius 1 is 1.58 bits per heavy atom. The molecule has 1 saturated heterocycles. The van der Waals surface area contributed by atoms with Gasteiger partial charge in [-0.2, -0.15) is 9.64 Å². The molecule has 0 atom stereocenters. The van der Waals surface area contributed by atoms with Crippen LogP contribution in [0.1, 0.15) is 12.0 Å². The van der Waals surface area contributed by atoms with E-state index in [0.29, 0.717) is 49.8 Å². The van der Waals surface area contributed by atoms with Gasteiger partial charge in [-0.25, -0.2) is 0 Å². The Kier molecular flexibility index (Phi) is 4.96. The Hall–Kier alpha value is -1.36. The summed E-state index contributed by atoms with van der Waals surface area (Å²) in [5, 5.41) is 12.7. The van der Waals surface area contributed by atoms with Gasteiger partial charge >= 0.3 is 0 Å². The molecule has 0 bridgehead atoms. The van der Waals surface area contributed by atoms with Crippen LogP contribution in [0.25, 0.3) is 0 Å². The lowest BCUT2D eigenvalue weighted by Crippen LogP contribution is -2.41. The quantitative estimate of drug-likeness (QED) is 0.907. The zero-order chi connectivity index (χ0) is 13.7. The van der Waals surface area contributed by atoms with E-state index in [2.05, 4.69) is 9.69 Å². The average molecular weight is 301 g/mol. The van der Waals surface area contributed by atoms with Crippen LogP contribution in [0.2, 0.25) is 5.15 Å². The minimum atomic E-state index is 0.0879. The van der Waals surface area contributed by atoms with Gasteiger partial charge in [-0.1, -0.05) is 11.6 Å². The van der Waals surface area contributed by atoms with Crippen molar-refractivity contribution in [1.82, 2.24) is 9.27 Å². The van der Waals surface area contributed by atoms with Crippen LogP contribution in [0.5, 0.6) is 0 Å². The number of aromatic nitrogens is 1. The van der Waals surface area contributed by atoms with Gasteiger partial charge in [-0.05, 0) is 11.5 Å². The highest BCUT2D eigenvalue weighted by Gasteiger charge is 2.17. The summed E-state index contributed by atoms with van der Waals surface area (Å²) in [6.45, 7) is 2.96. The maximum Gasteiger partial charge on any atom is 0.224 e. The highest BCUT2D eigenvalue weighted by molar-refractivity contribution is 7.10. The predicted octanol–water partition coefficient (Wildman–Crippen LogP) is 1.33. The SMILES string of the molecule is N#Cc1c(Cl)nsc1NCCC(=O)N1CCOCC1. The van der Waals surface area contributed by atoms with Crippen molar-refractivity contribution in [3.05, 3.63) is 10.7 Å². The topological polar surface area (TPSA) is 78.2 Å². The first-order chi connectivity index (χ1) is 9.22. The van der Waals surface area contributed by atoms with Crippen LogP contribution in [-0.2, 0) is 9.53 Å². The van der Waals surface area contributed by atoms with Crippen molar-refractivity contribution in [1.29, 1.82) is 5.26 Å². The molecule has 2 rings (SSSR count). The molecule has 8 heteroatoms. The van der Waals surface area contributed by atoms with Gasteiger partial charge in [0.15, 0.2) is 5.15 Å². The first-order valence-corrected chi connectivity index (χ1v) is 7.02. The Morgan fingerprint density at radius 3 is 3.00 bits per heavy atom. The molecule has 1 amide bonds. The van der Waals surface area contributed by atoms with Crippen molar-refractivity contribution in [2.75, 3.05) is 38.2 Å². The molecule has 0 aromatic carbocycles. The van der Waals surface area contributed by atoms with E-state index in [1.807, 2.05) is 6.07 Å². The van der Waals surface area contributed by atoms with Gasteiger partial charge in [0.05, 0.1) is 13.2 Å². The Labute approximate surface area is 120 Å². The van der Waals surface area contributed by atoms with Crippen molar-refractivity contribution in [3.8, 4) is 6.07 Å². The van der Waals surface area contributed by atoms with Gasteiger partial charge in [-0.3, -0.25) is 4.79 Å². The third kappa shape index (κ3) is 3.56. The summed E-state index contributed by atoms with van der Waals surface area (Å²) in [6.07, 6.45) is 0.375.